The van der Waals surface area contributed by atoms with Crippen LogP contribution in [-0.4, -0.2) is 37.2 Å². The van der Waals surface area contributed by atoms with Crippen LogP contribution >= 0.6 is 0 Å². The number of unbranched alkanes of at least 4 members (excludes halogenated alkanes) is 10. The normalized spacial score (nSPS) is 13.0. The standard InChI is InChI=1S/C48H76O6/c1-4-7-10-13-16-19-21-23-24-26-27-29-32-35-38-41-47(50)53-44-45(43-52-46(49)40-37-34-31-18-15-12-9-6-3)54-48(51)42-39-36-33-30-28-25-22-20-17-14-11-8-5-2/h7-8,10-11,16-17,19-20,23-25,27-29,35,38,45H,4-6,9,12-15,18,21-22,26,30-34,36-37,39-44H2,1-3H3/b10-7-,11-8-,19-16-,20-17-,24-23-,28-25-,29-27-,38-35-. The molecule has 1 unspecified atom stereocenters. The van der Waals surface area contributed by atoms with Crippen LogP contribution in [0, 0.1) is 0 Å². The largest absolute Gasteiger partial charge is 0.462 e. The summed E-state index contributed by atoms with van der Waals surface area (Å²) < 4.78 is 16.5. The molecule has 0 aliphatic rings. The molecule has 0 aliphatic carbocycles. The minimum absolute atomic E-state index is 0.119. The molecule has 0 aromatic rings. The van der Waals surface area contributed by atoms with E-state index in [1.807, 2.05) is 6.08 Å². The van der Waals surface area contributed by atoms with Crippen LogP contribution in [0.2, 0.25) is 0 Å². The molecule has 0 saturated carbocycles. The van der Waals surface area contributed by atoms with Gasteiger partial charge in [-0.3, -0.25) is 14.4 Å². The van der Waals surface area contributed by atoms with Gasteiger partial charge in [-0.15, -0.1) is 0 Å². The minimum atomic E-state index is -0.828. The predicted molar refractivity (Wildman–Crippen MR) is 228 cm³/mol. The van der Waals surface area contributed by atoms with Crippen molar-refractivity contribution < 1.29 is 28.6 Å². The van der Waals surface area contributed by atoms with E-state index in [1.54, 1.807) is 6.08 Å². The number of allylic oxidation sites excluding steroid dienone is 15. The quantitative estimate of drug-likeness (QED) is 0.0275. The zero-order chi connectivity index (χ0) is 39.4. The van der Waals surface area contributed by atoms with E-state index in [2.05, 4.69) is 106 Å². The van der Waals surface area contributed by atoms with E-state index in [0.29, 0.717) is 12.8 Å². The van der Waals surface area contributed by atoms with Crippen LogP contribution in [0.25, 0.3) is 0 Å². The maximum Gasteiger partial charge on any atom is 0.309 e. The van der Waals surface area contributed by atoms with Crippen LogP contribution in [0.1, 0.15) is 168 Å². The number of rotatable bonds is 36. The van der Waals surface area contributed by atoms with Crippen molar-refractivity contribution in [2.75, 3.05) is 13.2 Å². The molecule has 0 rings (SSSR count). The van der Waals surface area contributed by atoms with Gasteiger partial charge in [-0.1, -0.05) is 169 Å². The molecule has 0 saturated heterocycles. The highest BCUT2D eigenvalue weighted by atomic mass is 16.6. The Bertz CT molecular complexity index is 1140. The highest BCUT2D eigenvalue weighted by Gasteiger charge is 2.19. The van der Waals surface area contributed by atoms with Gasteiger partial charge >= 0.3 is 17.9 Å². The van der Waals surface area contributed by atoms with E-state index in [9.17, 15) is 14.4 Å². The number of hydrogen-bond donors (Lipinski definition) is 0. The molecular weight excluding hydrogens is 673 g/mol. The average Bonchev–Trinajstić information content (AvgIpc) is 3.17. The molecule has 304 valence electrons. The molecule has 0 fully saturated rings. The summed E-state index contributed by atoms with van der Waals surface area (Å²) in [6, 6.07) is 0. The SMILES string of the molecule is CC/C=C\C/C=C\C/C=C\C/C=C\C/C=C\CC(=O)OCC(COC(=O)CCCCCCCCCC)OC(=O)CCCCC/C=C\C/C=C\C/C=C\CC. The zero-order valence-electron chi connectivity index (χ0n) is 34.4. The van der Waals surface area contributed by atoms with E-state index in [-0.39, 0.29) is 38.0 Å². The fourth-order valence-corrected chi connectivity index (χ4v) is 5.23. The van der Waals surface area contributed by atoms with Crippen molar-refractivity contribution in [3.63, 3.8) is 0 Å². The lowest BCUT2D eigenvalue weighted by Gasteiger charge is -2.18. The molecule has 6 heteroatoms. The van der Waals surface area contributed by atoms with Gasteiger partial charge in [0.05, 0.1) is 6.42 Å². The molecule has 0 radical (unpaired) electrons. The van der Waals surface area contributed by atoms with Gasteiger partial charge in [0.2, 0.25) is 0 Å². The summed E-state index contributed by atoms with van der Waals surface area (Å²) in [6.45, 7) is 6.22. The van der Waals surface area contributed by atoms with Crippen molar-refractivity contribution in [2.45, 2.75) is 175 Å². The van der Waals surface area contributed by atoms with E-state index in [4.69, 9.17) is 14.2 Å². The number of carbonyl (C=O) groups is 3. The molecule has 0 spiro atoms. The molecule has 0 heterocycles. The van der Waals surface area contributed by atoms with Gasteiger partial charge in [-0.2, -0.15) is 0 Å². The number of esters is 3. The Morgan fingerprint density at radius 3 is 1.30 bits per heavy atom. The lowest BCUT2D eigenvalue weighted by atomic mass is 10.1. The van der Waals surface area contributed by atoms with Gasteiger partial charge in [0.25, 0.3) is 0 Å². The molecule has 0 amide bonds. The third kappa shape index (κ3) is 39.5. The molecule has 54 heavy (non-hydrogen) atoms. The molecule has 1 atom stereocenters. The van der Waals surface area contributed by atoms with Gasteiger partial charge in [0.1, 0.15) is 13.2 Å². The smallest absolute Gasteiger partial charge is 0.309 e. The van der Waals surface area contributed by atoms with Crippen LogP contribution in [0.15, 0.2) is 97.2 Å². The summed E-state index contributed by atoms with van der Waals surface area (Å²) in [5, 5.41) is 0. The summed E-state index contributed by atoms with van der Waals surface area (Å²) in [6.07, 6.45) is 54.2. The Hall–Kier alpha value is -3.67. The molecule has 6 nitrogen and oxygen atoms in total. The summed E-state index contributed by atoms with van der Waals surface area (Å²) in [7, 11) is 0. The Labute approximate surface area is 330 Å². The summed E-state index contributed by atoms with van der Waals surface area (Å²) in [4.78, 5) is 37.5. The average molecular weight is 749 g/mol. The van der Waals surface area contributed by atoms with Gasteiger partial charge in [-0.05, 0) is 77.0 Å². The first-order valence-corrected chi connectivity index (χ1v) is 21.2. The lowest BCUT2D eigenvalue weighted by molar-refractivity contribution is -0.166. The Kier molecular flexibility index (Phi) is 39.2. The van der Waals surface area contributed by atoms with Crippen molar-refractivity contribution in [3.8, 4) is 0 Å². The fraction of sp³-hybridized carbons (Fsp3) is 0.604. The van der Waals surface area contributed by atoms with E-state index >= 15 is 0 Å². The second-order valence-corrected chi connectivity index (χ2v) is 13.5. The number of carbonyl (C=O) groups excluding carboxylic acids is 3. The summed E-state index contributed by atoms with van der Waals surface area (Å²) >= 11 is 0. The zero-order valence-corrected chi connectivity index (χ0v) is 34.4. The van der Waals surface area contributed by atoms with Crippen molar-refractivity contribution in [3.05, 3.63) is 97.2 Å². The molecule has 0 aliphatic heterocycles. The third-order valence-electron chi connectivity index (χ3n) is 8.37. The second-order valence-electron chi connectivity index (χ2n) is 13.5. The van der Waals surface area contributed by atoms with Crippen molar-refractivity contribution in [1.82, 2.24) is 0 Å². The Balaban J connectivity index is 4.56. The molecule has 0 aromatic heterocycles. The van der Waals surface area contributed by atoms with Crippen LogP contribution in [0.4, 0.5) is 0 Å². The van der Waals surface area contributed by atoms with E-state index in [0.717, 1.165) is 89.9 Å². The number of ether oxygens (including phenoxy) is 3. The Morgan fingerprint density at radius 2 is 0.796 bits per heavy atom. The van der Waals surface area contributed by atoms with Crippen molar-refractivity contribution in [1.29, 1.82) is 0 Å². The van der Waals surface area contributed by atoms with Crippen LogP contribution < -0.4 is 0 Å². The molecule has 0 aromatic carbocycles. The van der Waals surface area contributed by atoms with Crippen molar-refractivity contribution >= 4 is 17.9 Å². The monoisotopic (exact) mass is 749 g/mol. The number of hydrogen-bond acceptors (Lipinski definition) is 6. The van der Waals surface area contributed by atoms with Gasteiger partial charge in [0, 0.05) is 12.8 Å². The first-order chi connectivity index (χ1) is 26.5. The van der Waals surface area contributed by atoms with Crippen LogP contribution in [0.5, 0.6) is 0 Å². The van der Waals surface area contributed by atoms with Gasteiger partial charge in [0.15, 0.2) is 6.10 Å². The van der Waals surface area contributed by atoms with Crippen LogP contribution in [0.3, 0.4) is 0 Å². The molecule has 0 bridgehead atoms. The fourth-order valence-electron chi connectivity index (χ4n) is 5.23. The Morgan fingerprint density at radius 1 is 0.407 bits per heavy atom. The summed E-state index contributed by atoms with van der Waals surface area (Å²) in [5.74, 6) is -1.10. The topological polar surface area (TPSA) is 78.9 Å². The van der Waals surface area contributed by atoms with Crippen LogP contribution in [-0.2, 0) is 28.6 Å². The molecule has 0 N–H and O–H groups in total. The first kappa shape index (κ1) is 50.3. The van der Waals surface area contributed by atoms with Gasteiger partial charge < -0.3 is 14.2 Å². The minimum Gasteiger partial charge on any atom is -0.462 e. The summed E-state index contributed by atoms with van der Waals surface area (Å²) in [5.41, 5.74) is 0. The molecular formula is C48H76O6. The maximum absolute atomic E-state index is 12.7. The van der Waals surface area contributed by atoms with E-state index < -0.39 is 12.1 Å². The first-order valence-electron chi connectivity index (χ1n) is 21.2. The lowest BCUT2D eigenvalue weighted by Crippen LogP contribution is -2.30. The second kappa shape index (κ2) is 42.1. The highest BCUT2D eigenvalue weighted by molar-refractivity contribution is 5.72. The third-order valence-corrected chi connectivity index (χ3v) is 8.37. The van der Waals surface area contributed by atoms with Gasteiger partial charge in [-0.25, -0.2) is 0 Å². The van der Waals surface area contributed by atoms with E-state index in [1.165, 1.54) is 32.1 Å². The highest BCUT2D eigenvalue weighted by Crippen LogP contribution is 2.11. The van der Waals surface area contributed by atoms with Crippen molar-refractivity contribution in [2.24, 2.45) is 0 Å². The maximum atomic E-state index is 12.7. The predicted octanol–water partition coefficient (Wildman–Crippen LogP) is 13.5.